The molecule has 9 nitrogen and oxygen atoms in total. The molecule has 0 aliphatic carbocycles. The lowest BCUT2D eigenvalue weighted by atomic mass is 9.96. The van der Waals surface area contributed by atoms with E-state index in [0.29, 0.717) is 45.6 Å². The Morgan fingerprint density at radius 3 is 2.62 bits per heavy atom. The molecule has 4 aromatic rings. The molecular formula is C26H26ClF3N8O. The first-order valence-corrected chi connectivity index (χ1v) is 12.3. The van der Waals surface area contributed by atoms with Crippen molar-refractivity contribution in [1.29, 1.82) is 5.26 Å². The second kappa shape index (κ2) is 10.7. The fourth-order valence-electron chi connectivity index (χ4n) is 3.94. The Morgan fingerprint density at radius 1 is 1.23 bits per heavy atom. The number of halogens is 4. The average Bonchev–Trinajstić information content (AvgIpc) is 3.37. The maximum absolute atomic E-state index is 14.1. The second-order valence-electron chi connectivity index (χ2n) is 10.2. The molecule has 0 unspecified atom stereocenters. The highest BCUT2D eigenvalue weighted by atomic mass is 35.5. The molecule has 204 valence electrons. The zero-order valence-electron chi connectivity index (χ0n) is 21.6. The molecule has 3 N–H and O–H groups in total. The van der Waals surface area contributed by atoms with E-state index in [-0.39, 0.29) is 20.8 Å². The van der Waals surface area contributed by atoms with Crippen molar-refractivity contribution in [3.63, 3.8) is 0 Å². The van der Waals surface area contributed by atoms with Gasteiger partial charge in [-0.25, -0.2) is 4.98 Å². The molecule has 0 radical (unpaired) electrons. The van der Waals surface area contributed by atoms with Crippen LogP contribution in [0.1, 0.15) is 49.3 Å². The number of anilines is 2. The Bertz CT molecular complexity index is 1560. The lowest BCUT2D eigenvalue weighted by molar-refractivity contribution is -0.131. The molecule has 0 spiro atoms. The summed E-state index contributed by atoms with van der Waals surface area (Å²) in [6.45, 7) is 6.81. The summed E-state index contributed by atoms with van der Waals surface area (Å²) in [5.74, 6) is -0.705. The summed E-state index contributed by atoms with van der Waals surface area (Å²) in [5.41, 5.74) is 2.49. The van der Waals surface area contributed by atoms with Crippen molar-refractivity contribution >= 4 is 33.9 Å². The minimum Gasteiger partial charge on any atom is -0.388 e. The number of aliphatic hydroxyl groups is 1. The maximum Gasteiger partial charge on any atom is 0.367 e. The standard InChI is InChI=1S/C26H26ClF3N8O/c1-14-17(5-6-21(28)34-14)24(20-11-38(37-36-20)26(29,30)13-39)35-16-7-18-22(33-12-25(2,3)4)15(9-31)10-32-23(18)19(27)8-16/h5-8,10-11,24,35,39H,12-13H2,1-4H3,(H,32,33)/t24-/m0/s1. The van der Waals surface area contributed by atoms with Crippen LogP contribution in [0, 0.1) is 29.6 Å². The summed E-state index contributed by atoms with van der Waals surface area (Å²) in [5, 5.41) is 33.5. The van der Waals surface area contributed by atoms with E-state index in [1.165, 1.54) is 12.3 Å². The van der Waals surface area contributed by atoms with Crippen molar-refractivity contribution in [2.75, 3.05) is 23.8 Å². The zero-order chi connectivity index (χ0) is 28.5. The fourth-order valence-corrected chi connectivity index (χ4v) is 4.21. The van der Waals surface area contributed by atoms with Gasteiger partial charge in [0, 0.05) is 35.1 Å². The van der Waals surface area contributed by atoms with Gasteiger partial charge in [-0.3, -0.25) is 4.98 Å². The van der Waals surface area contributed by atoms with Gasteiger partial charge in [0.15, 0.2) is 0 Å². The number of aromatic nitrogens is 5. The summed E-state index contributed by atoms with van der Waals surface area (Å²) < 4.78 is 42.2. The number of nitrogens with zero attached hydrogens (tertiary/aromatic N) is 6. The smallest absolute Gasteiger partial charge is 0.367 e. The molecule has 39 heavy (non-hydrogen) atoms. The van der Waals surface area contributed by atoms with Crippen LogP contribution in [0.5, 0.6) is 0 Å². The number of nitriles is 1. The normalized spacial score (nSPS) is 12.8. The minimum atomic E-state index is -3.68. The van der Waals surface area contributed by atoms with E-state index < -0.39 is 24.6 Å². The number of aryl methyl sites for hydroxylation is 1. The number of rotatable bonds is 8. The molecule has 3 heterocycles. The molecule has 3 aromatic heterocycles. The van der Waals surface area contributed by atoms with Gasteiger partial charge in [0.25, 0.3) is 0 Å². The van der Waals surface area contributed by atoms with Crippen LogP contribution in [0.2, 0.25) is 5.02 Å². The van der Waals surface area contributed by atoms with Crippen LogP contribution in [0.25, 0.3) is 10.9 Å². The minimum absolute atomic E-state index is 0.0610. The number of nitrogens with one attached hydrogen (secondary N) is 2. The monoisotopic (exact) mass is 558 g/mol. The predicted molar refractivity (Wildman–Crippen MR) is 141 cm³/mol. The fraction of sp³-hybridized carbons (Fsp3) is 0.346. The van der Waals surface area contributed by atoms with Crippen LogP contribution in [0.15, 0.2) is 36.7 Å². The van der Waals surface area contributed by atoms with Gasteiger partial charge in [0.1, 0.15) is 18.4 Å². The maximum atomic E-state index is 14.1. The molecular weight excluding hydrogens is 533 g/mol. The molecule has 0 bridgehead atoms. The van der Waals surface area contributed by atoms with Gasteiger partial charge in [0.05, 0.1) is 34.0 Å². The molecule has 1 aromatic carbocycles. The van der Waals surface area contributed by atoms with Crippen LogP contribution >= 0.6 is 11.6 Å². The first-order chi connectivity index (χ1) is 18.3. The van der Waals surface area contributed by atoms with E-state index in [2.05, 4.69) is 37.0 Å². The lowest BCUT2D eigenvalue weighted by Crippen LogP contribution is -2.27. The van der Waals surface area contributed by atoms with Gasteiger partial charge < -0.3 is 15.7 Å². The molecule has 0 amide bonds. The third kappa shape index (κ3) is 6.05. The molecule has 1 atom stereocenters. The van der Waals surface area contributed by atoms with Gasteiger partial charge in [-0.2, -0.15) is 23.1 Å². The first kappa shape index (κ1) is 28.1. The van der Waals surface area contributed by atoms with Crippen LogP contribution in [-0.2, 0) is 6.05 Å². The Kier molecular flexibility index (Phi) is 7.68. The summed E-state index contributed by atoms with van der Waals surface area (Å²) >= 11 is 6.60. The Morgan fingerprint density at radius 2 is 1.97 bits per heavy atom. The number of benzene rings is 1. The van der Waals surface area contributed by atoms with Crippen molar-refractivity contribution in [2.45, 2.75) is 39.8 Å². The summed E-state index contributed by atoms with van der Waals surface area (Å²) in [6, 6.07) is 3.50. The molecule has 0 aliphatic rings. The van der Waals surface area contributed by atoms with Crippen molar-refractivity contribution < 1.29 is 18.3 Å². The first-order valence-electron chi connectivity index (χ1n) is 11.9. The zero-order valence-corrected chi connectivity index (χ0v) is 22.4. The average molecular weight is 559 g/mol. The van der Waals surface area contributed by atoms with Crippen molar-refractivity contribution in [3.05, 3.63) is 70.1 Å². The number of hydrogen-bond donors (Lipinski definition) is 3. The molecule has 0 aliphatic heterocycles. The van der Waals surface area contributed by atoms with E-state index in [1.807, 2.05) is 20.8 Å². The largest absolute Gasteiger partial charge is 0.388 e. The number of hydrogen-bond acceptors (Lipinski definition) is 8. The Hall–Kier alpha value is -3.95. The van der Waals surface area contributed by atoms with Gasteiger partial charge >= 0.3 is 6.05 Å². The van der Waals surface area contributed by atoms with E-state index in [1.54, 1.807) is 19.1 Å². The summed E-state index contributed by atoms with van der Waals surface area (Å²) in [7, 11) is 0. The van der Waals surface area contributed by atoms with Gasteiger partial charge in [0.2, 0.25) is 5.95 Å². The highest BCUT2D eigenvalue weighted by Crippen LogP contribution is 2.36. The van der Waals surface area contributed by atoms with E-state index >= 15 is 0 Å². The Balaban J connectivity index is 1.85. The molecule has 0 saturated carbocycles. The second-order valence-corrected chi connectivity index (χ2v) is 10.6. The topological polar surface area (TPSA) is 125 Å². The third-order valence-corrected chi connectivity index (χ3v) is 6.18. The number of aliphatic hydroxyl groups excluding tert-OH is 1. The van der Waals surface area contributed by atoms with Crippen LogP contribution in [-0.4, -0.2) is 43.2 Å². The SMILES string of the molecule is Cc1nc(F)ccc1[C@H](Nc1cc(Cl)c2ncc(C#N)c(NCC(C)(C)C)c2c1)c1cn(C(F)(F)CO)nn1. The van der Waals surface area contributed by atoms with Gasteiger partial charge in [-0.1, -0.05) is 43.7 Å². The summed E-state index contributed by atoms with van der Waals surface area (Å²) in [6.07, 6.45) is 2.44. The van der Waals surface area contributed by atoms with Crippen LogP contribution in [0.4, 0.5) is 24.5 Å². The van der Waals surface area contributed by atoms with E-state index in [0.717, 1.165) is 12.3 Å². The van der Waals surface area contributed by atoms with Crippen molar-refractivity contribution in [2.24, 2.45) is 5.41 Å². The third-order valence-electron chi connectivity index (χ3n) is 5.89. The quantitative estimate of drug-likeness (QED) is 0.246. The molecule has 4 rings (SSSR count). The number of fused-ring (bicyclic) bond motifs is 1. The highest BCUT2D eigenvalue weighted by Gasteiger charge is 2.33. The van der Waals surface area contributed by atoms with E-state index in [9.17, 15) is 18.4 Å². The summed E-state index contributed by atoms with van der Waals surface area (Å²) in [4.78, 5) is 8.20. The number of pyridine rings is 2. The van der Waals surface area contributed by atoms with Crippen LogP contribution in [0.3, 0.4) is 0 Å². The molecule has 13 heteroatoms. The Labute approximate surface area is 227 Å². The van der Waals surface area contributed by atoms with Gasteiger partial charge in [-0.05, 0) is 30.5 Å². The van der Waals surface area contributed by atoms with Gasteiger partial charge in [-0.15, -0.1) is 5.10 Å². The number of alkyl halides is 2. The highest BCUT2D eigenvalue weighted by molar-refractivity contribution is 6.35. The lowest BCUT2D eigenvalue weighted by Gasteiger charge is -2.23. The predicted octanol–water partition coefficient (Wildman–Crippen LogP) is 5.40. The van der Waals surface area contributed by atoms with E-state index in [4.69, 9.17) is 16.7 Å². The molecule has 0 saturated heterocycles. The van der Waals surface area contributed by atoms with Crippen LogP contribution < -0.4 is 10.6 Å². The molecule has 0 fully saturated rings. The van der Waals surface area contributed by atoms with Crippen molar-refractivity contribution in [1.82, 2.24) is 25.0 Å². The van der Waals surface area contributed by atoms with Crippen molar-refractivity contribution in [3.8, 4) is 6.07 Å².